The third-order valence-corrected chi connectivity index (χ3v) is 4.56. The predicted molar refractivity (Wildman–Crippen MR) is 100.0 cm³/mol. The molecule has 0 unspecified atom stereocenters. The quantitative estimate of drug-likeness (QED) is 0.725. The van der Waals surface area contributed by atoms with Gasteiger partial charge in [0, 0.05) is 35.9 Å². The zero-order chi connectivity index (χ0) is 19.4. The smallest absolute Gasteiger partial charge is 0.318 e. The van der Waals surface area contributed by atoms with Crippen LogP contribution in [0.15, 0.2) is 24.4 Å². The van der Waals surface area contributed by atoms with E-state index in [1.54, 1.807) is 23.2 Å². The molecule has 1 aromatic heterocycles. The Labute approximate surface area is 161 Å². The summed E-state index contributed by atoms with van der Waals surface area (Å²) in [7, 11) is 0. The molecule has 1 aliphatic rings. The van der Waals surface area contributed by atoms with Gasteiger partial charge in [0.2, 0.25) is 5.95 Å². The van der Waals surface area contributed by atoms with Crippen molar-refractivity contribution >= 4 is 23.6 Å². The highest BCUT2D eigenvalue weighted by Crippen LogP contribution is 2.19. The largest absolute Gasteiger partial charge is 0.394 e. The van der Waals surface area contributed by atoms with Gasteiger partial charge in [-0.2, -0.15) is 0 Å². The molecule has 0 radical (unpaired) electrons. The summed E-state index contributed by atoms with van der Waals surface area (Å²) < 4.78 is 13.8. The second-order valence-electron chi connectivity index (χ2n) is 6.46. The first-order valence-electron chi connectivity index (χ1n) is 8.65. The Morgan fingerprint density at radius 2 is 2.30 bits per heavy atom. The first-order valence-corrected chi connectivity index (χ1v) is 9.03. The van der Waals surface area contributed by atoms with Gasteiger partial charge in [-0.05, 0) is 31.0 Å². The van der Waals surface area contributed by atoms with Crippen LogP contribution in [0.4, 0.5) is 15.1 Å². The van der Waals surface area contributed by atoms with Crippen LogP contribution in [0.2, 0.25) is 5.02 Å². The van der Waals surface area contributed by atoms with Gasteiger partial charge in [-0.15, -0.1) is 0 Å². The molecule has 0 saturated carbocycles. The zero-order valence-corrected chi connectivity index (χ0v) is 15.6. The van der Waals surface area contributed by atoms with Gasteiger partial charge in [-0.25, -0.2) is 19.2 Å². The molecule has 144 valence electrons. The van der Waals surface area contributed by atoms with E-state index >= 15 is 0 Å². The van der Waals surface area contributed by atoms with Crippen LogP contribution in [0.1, 0.15) is 23.7 Å². The van der Waals surface area contributed by atoms with E-state index in [4.69, 9.17) is 16.7 Å². The number of rotatable bonds is 5. The first-order chi connectivity index (χ1) is 13.0. The Kier molecular flexibility index (Phi) is 6.08. The van der Waals surface area contributed by atoms with Gasteiger partial charge in [0.1, 0.15) is 5.82 Å². The Morgan fingerprint density at radius 3 is 3.04 bits per heavy atom. The van der Waals surface area contributed by atoms with Crippen molar-refractivity contribution in [2.45, 2.75) is 32.5 Å². The van der Waals surface area contributed by atoms with Crippen molar-refractivity contribution in [1.29, 1.82) is 0 Å². The van der Waals surface area contributed by atoms with Crippen molar-refractivity contribution in [2.75, 3.05) is 18.5 Å². The molecule has 9 heteroatoms. The van der Waals surface area contributed by atoms with Crippen molar-refractivity contribution < 1.29 is 14.3 Å². The Morgan fingerprint density at radius 1 is 1.48 bits per heavy atom. The maximum absolute atomic E-state index is 13.8. The summed E-state index contributed by atoms with van der Waals surface area (Å²) in [5.74, 6) is -0.0333. The molecule has 0 bridgehead atoms. The highest BCUT2D eigenvalue weighted by atomic mass is 35.5. The number of amides is 2. The molecule has 7 nitrogen and oxygen atoms in total. The number of fused-ring (bicyclic) bond motifs is 1. The molecule has 3 rings (SSSR count). The van der Waals surface area contributed by atoms with Gasteiger partial charge in [-0.3, -0.25) is 0 Å². The van der Waals surface area contributed by atoms with Crippen molar-refractivity contribution in [1.82, 2.24) is 20.2 Å². The minimum atomic E-state index is -0.451. The number of benzene rings is 1. The van der Waals surface area contributed by atoms with Crippen LogP contribution >= 0.6 is 11.6 Å². The molecule has 0 saturated heterocycles. The van der Waals surface area contributed by atoms with E-state index in [1.807, 2.05) is 6.92 Å². The third-order valence-electron chi connectivity index (χ3n) is 4.33. The van der Waals surface area contributed by atoms with Gasteiger partial charge in [0.25, 0.3) is 0 Å². The number of halogens is 2. The van der Waals surface area contributed by atoms with Crippen LogP contribution in [0, 0.1) is 5.82 Å². The Balaban J connectivity index is 1.62. The fourth-order valence-electron chi connectivity index (χ4n) is 2.76. The summed E-state index contributed by atoms with van der Waals surface area (Å²) in [5.41, 5.74) is 2.12. The van der Waals surface area contributed by atoms with Crippen LogP contribution in [0.5, 0.6) is 0 Å². The molecule has 1 aromatic carbocycles. The van der Waals surface area contributed by atoms with Gasteiger partial charge in [0.05, 0.1) is 18.8 Å². The Hall–Kier alpha value is -2.45. The fraction of sp³-hybridized carbons (Fsp3) is 0.389. The lowest BCUT2D eigenvalue weighted by molar-refractivity contribution is 0.190. The highest BCUT2D eigenvalue weighted by Gasteiger charge is 2.22. The molecule has 2 heterocycles. The highest BCUT2D eigenvalue weighted by molar-refractivity contribution is 6.30. The van der Waals surface area contributed by atoms with Crippen molar-refractivity contribution in [2.24, 2.45) is 0 Å². The van der Waals surface area contributed by atoms with Gasteiger partial charge in [0.15, 0.2) is 0 Å². The number of anilines is 1. The summed E-state index contributed by atoms with van der Waals surface area (Å²) in [6.07, 6.45) is 2.39. The third kappa shape index (κ3) is 4.84. The van der Waals surface area contributed by atoms with Crippen LogP contribution in [0.3, 0.4) is 0 Å². The van der Waals surface area contributed by atoms with Crippen LogP contribution < -0.4 is 10.6 Å². The molecule has 2 aromatic rings. The fourth-order valence-corrected chi connectivity index (χ4v) is 2.92. The van der Waals surface area contributed by atoms with Crippen LogP contribution in [0.25, 0.3) is 0 Å². The standard InChI is InChI=1S/C18H21ClFN5O2/c1-11(10-26)23-17-21-8-13-4-5-25(9-16(13)24-17)18(27)22-7-12-2-3-14(19)6-15(12)20/h2-3,6,8,11,26H,4-5,7,9-10H2,1H3,(H,22,27)(H,21,23,24)/t11-/m0/s1. The lowest BCUT2D eigenvalue weighted by Crippen LogP contribution is -2.43. The molecule has 2 amide bonds. The average Bonchev–Trinajstić information content (AvgIpc) is 2.66. The molecule has 1 aliphatic heterocycles. The SMILES string of the molecule is C[C@@H](CO)Nc1ncc2c(n1)CN(C(=O)NCc1ccc(Cl)cc1F)CC2. The number of hydrogen-bond acceptors (Lipinski definition) is 5. The number of urea groups is 1. The van der Waals surface area contributed by atoms with E-state index in [0.717, 1.165) is 11.3 Å². The summed E-state index contributed by atoms with van der Waals surface area (Å²) in [5, 5.41) is 15.2. The lowest BCUT2D eigenvalue weighted by Gasteiger charge is -2.28. The maximum Gasteiger partial charge on any atom is 0.318 e. The molecule has 0 spiro atoms. The molecule has 0 fully saturated rings. The normalized spacial score (nSPS) is 14.4. The van der Waals surface area contributed by atoms with E-state index in [2.05, 4.69) is 20.6 Å². The van der Waals surface area contributed by atoms with E-state index in [0.29, 0.717) is 36.0 Å². The minimum absolute atomic E-state index is 0.0315. The number of aliphatic hydroxyl groups is 1. The average molecular weight is 394 g/mol. The van der Waals surface area contributed by atoms with Crippen LogP contribution in [-0.2, 0) is 19.5 Å². The topological polar surface area (TPSA) is 90.4 Å². The molecule has 27 heavy (non-hydrogen) atoms. The molecule has 0 aliphatic carbocycles. The number of carbonyl (C=O) groups excluding carboxylic acids is 1. The molecular weight excluding hydrogens is 373 g/mol. The summed E-state index contributed by atoms with van der Waals surface area (Å²) in [4.78, 5) is 22.8. The van der Waals surface area contributed by atoms with Gasteiger partial charge in [-0.1, -0.05) is 17.7 Å². The summed E-state index contributed by atoms with van der Waals surface area (Å²) in [6, 6.07) is 3.91. The first kappa shape index (κ1) is 19.3. The van der Waals surface area contributed by atoms with Crippen molar-refractivity contribution in [3.63, 3.8) is 0 Å². The number of nitrogens with one attached hydrogen (secondary N) is 2. The van der Waals surface area contributed by atoms with Crippen molar-refractivity contribution in [3.05, 3.63) is 52.1 Å². The molecule has 1 atom stereocenters. The number of carbonyl (C=O) groups is 1. The molecule has 3 N–H and O–H groups in total. The summed E-state index contributed by atoms with van der Waals surface area (Å²) >= 11 is 5.74. The Bertz CT molecular complexity index is 835. The van der Waals surface area contributed by atoms with Gasteiger partial charge < -0.3 is 20.6 Å². The predicted octanol–water partition coefficient (Wildman–Crippen LogP) is 2.33. The number of aliphatic hydroxyl groups excluding tert-OH is 1. The van der Waals surface area contributed by atoms with E-state index < -0.39 is 5.82 Å². The van der Waals surface area contributed by atoms with E-state index in [9.17, 15) is 9.18 Å². The van der Waals surface area contributed by atoms with E-state index in [-0.39, 0.29) is 25.2 Å². The minimum Gasteiger partial charge on any atom is -0.394 e. The number of hydrogen-bond donors (Lipinski definition) is 3. The summed E-state index contributed by atoms with van der Waals surface area (Å²) in [6.45, 7) is 2.74. The van der Waals surface area contributed by atoms with Crippen molar-refractivity contribution in [3.8, 4) is 0 Å². The number of nitrogens with zero attached hydrogens (tertiary/aromatic N) is 3. The maximum atomic E-state index is 13.8. The molecular formula is C18H21ClFN5O2. The zero-order valence-electron chi connectivity index (χ0n) is 14.9. The van der Waals surface area contributed by atoms with Gasteiger partial charge >= 0.3 is 6.03 Å². The lowest BCUT2D eigenvalue weighted by atomic mass is 10.1. The number of aromatic nitrogens is 2. The second kappa shape index (κ2) is 8.49. The van der Waals surface area contributed by atoms with Crippen LogP contribution in [-0.4, -0.2) is 45.2 Å². The monoisotopic (exact) mass is 393 g/mol. The second-order valence-corrected chi connectivity index (χ2v) is 6.90. The van der Waals surface area contributed by atoms with E-state index in [1.165, 1.54) is 6.07 Å².